The van der Waals surface area contributed by atoms with Crippen LogP contribution in [0.15, 0.2) is 0 Å². The molecule has 0 atom stereocenters. The third-order valence-electron chi connectivity index (χ3n) is 6.44. The summed E-state index contributed by atoms with van der Waals surface area (Å²) >= 11 is 0. The molecule has 0 spiro atoms. The summed E-state index contributed by atoms with van der Waals surface area (Å²) in [4.78, 5) is 0. The largest absolute Gasteiger partial charge is 0.487 e. The Labute approximate surface area is 267 Å². The van der Waals surface area contributed by atoms with Crippen molar-refractivity contribution in [1.82, 2.24) is 0 Å². The molecule has 2 nitrogen and oxygen atoms in total. The van der Waals surface area contributed by atoms with Gasteiger partial charge in [-0.15, -0.1) is 0 Å². The minimum absolute atomic E-state index is 2.70. The predicted octanol–water partition coefficient (Wildman–Crippen LogP) is 10.9. The van der Waals surface area contributed by atoms with Gasteiger partial charge in [-0.05, 0) is 0 Å². The van der Waals surface area contributed by atoms with Crippen LogP contribution in [0.5, 0.6) is 11.5 Å². The van der Waals surface area contributed by atoms with Crippen molar-refractivity contribution in [3.63, 3.8) is 0 Å². The molecular weight excluding hydrogens is 814 g/mol. The molecule has 28 heteroatoms. The van der Waals surface area contributed by atoms with E-state index in [1.165, 1.54) is 0 Å². The van der Waals surface area contributed by atoms with Crippen molar-refractivity contribution in [2.24, 2.45) is 0 Å². The summed E-state index contributed by atoms with van der Waals surface area (Å²) in [6.07, 6.45) is -19.1. The Morgan fingerprint density at radius 2 is 0.519 bits per heavy atom. The van der Waals surface area contributed by atoms with E-state index in [-0.39, 0.29) is 0 Å². The number of benzene rings is 2. The standard InChI is InChI=1S/C24H8F26O2/c25-7-5(19(37,38)39)8(26)12(30)15(11(7)29)51-3-1-17(33,34)21(43,44)23(47,48)24(49,50)22(45,46)18(35,36)2-4-52-16-13(31)9(27)6(20(40,41)42)10(28)14(16)32/h1-4H2. The second-order valence-electron chi connectivity index (χ2n) is 9.82. The van der Waals surface area contributed by atoms with E-state index in [0.29, 0.717) is 0 Å². The fourth-order valence-electron chi connectivity index (χ4n) is 3.70. The fourth-order valence-corrected chi connectivity index (χ4v) is 3.70. The molecule has 0 aliphatic rings. The quantitative estimate of drug-likeness (QED) is 0.148. The lowest BCUT2D eigenvalue weighted by molar-refractivity contribution is -0.426. The van der Waals surface area contributed by atoms with Crippen molar-refractivity contribution < 1.29 is 124 Å². The van der Waals surface area contributed by atoms with Gasteiger partial charge in [0, 0.05) is 0 Å². The van der Waals surface area contributed by atoms with Crippen molar-refractivity contribution >= 4 is 0 Å². The molecule has 0 saturated carbocycles. The van der Waals surface area contributed by atoms with Gasteiger partial charge < -0.3 is 9.47 Å². The Bertz CT molecular complexity index is 1480. The SMILES string of the molecule is Fc1c(F)c(C(F)(F)F)c(F)c(F)c1OCCC(F)(F)C(F)(F)C(F)(F)C(F)(F)C(F)(F)C(F)(F)CCOc1c(F)c(F)c(C(F)(F)F)c(F)c1F. The molecule has 0 aromatic heterocycles. The minimum Gasteiger partial charge on any atom is -0.487 e. The summed E-state index contributed by atoms with van der Waals surface area (Å²) < 4.78 is 361. The van der Waals surface area contributed by atoms with Crippen molar-refractivity contribution in [1.29, 1.82) is 0 Å². The average Bonchev–Trinajstić information content (AvgIpc) is 2.96. The number of halogens is 26. The van der Waals surface area contributed by atoms with E-state index >= 15 is 0 Å². The van der Waals surface area contributed by atoms with E-state index in [0.717, 1.165) is 0 Å². The molecule has 0 unspecified atom stereocenters. The van der Waals surface area contributed by atoms with E-state index in [1.807, 2.05) is 0 Å². The van der Waals surface area contributed by atoms with Crippen molar-refractivity contribution in [2.75, 3.05) is 13.2 Å². The lowest BCUT2D eigenvalue weighted by atomic mass is 9.89. The van der Waals surface area contributed by atoms with E-state index in [1.54, 1.807) is 0 Å². The molecular formula is C24H8F26O2. The lowest BCUT2D eigenvalue weighted by Gasteiger charge is -2.41. The van der Waals surface area contributed by atoms with E-state index in [2.05, 4.69) is 9.47 Å². The van der Waals surface area contributed by atoms with Crippen LogP contribution in [-0.4, -0.2) is 48.7 Å². The first kappa shape index (κ1) is 44.4. The van der Waals surface area contributed by atoms with Gasteiger partial charge in [-0.25, -0.2) is 17.6 Å². The lowest BCUT2D eigenvalue weighted by Crippen LogP contribution is -2.70. The predicted molar refractivity (Wildman–Crippen MR) is 112 cm³/mol. The second-order valence-corrected chi connectivity index (χ2v) is 9.82. The van der Waals surface area contributed by atoms with Crippen LogP contribution in [0, 0.1) is 46.5 Å². The zero-order valence-corrected chi connectivity index (χ0v) is 23.5. The van der Waals surface area contributed by atoms with Crippen molar-refractivity contribution in [3.05, 3.63) is 57.7 Å². The molecule has 0 radical (unpaired) electrons. The maximum atomic E-state index is 14.1. The molecule has 2 aromatic carbocycles. The van der Waals surface area contributed by atoms with Crippen LogP contribution in [0.3, 0.4) is 0 Å². The third-order valence-corrected chi connectivity index (χ3v) is 6.44. The highest BCUT2D eigenvalue weighted by atomic mass is 19.4. The number of rotatable bonds is 13. The zero-order valence-electron chi connectivity index (χ0n) is 23.5. The molecule has 0 N–H and O–H groups in total. The van der Waals surface area contributed by atoms with Crippen LogP contribution < -0.4 is 9.47 Å². The average molecular weight is 822 g/mol. The van der Waals surface area contributed by atoms with E-state index < -0.39 is 143 Å². The van der Waals surface area contributed by atoms with E-state index in [9.17, 15) is 114 Å². The van der Waals surface area contributed by atoms with Crippen LogP contribution in [0.4, 0.5) is 114 Å². The van der Waals surface area contributed by atoms with Gasteiger partial charge in [-0.1, -0.05) is 0 Å². The Morgan fingerprint density at radius 1 is 0.308 bits per heavy atom. The molecule has 2 rings (SSSR count). The van der Waals surface area contributed by atoms with Crippen LogP contribution in [0.1, 0.15) is 24.0 Å². The first-order valence-corrected chi connectivity index (χ1v) is 12.4. The topological polar surface area (TPSA) is 18.5 Å². The van der Waals surface area contributed by atoms with Gasteiger partial charge in [0.25, 0.3) is 0 Å². The molecule has 0 amide bonds. The molecule has 0 aliphatic carbocycles. The van der Waals surface area contributed by atoms with Gasteiger partial charge in [0.2, 0.25) is 23.3 Å². The third kappa shape index (κ3) is 7.12. The Kier molecular flexibility index (Phi) is 11.6. The summed E-state index contributed by atoms with van der Waals surface area (Å²) in [7, 11) is 0. The van der Waals surface area contributed by atoms with Crippen molar-refractivity contribution in [3.8, 4) is 11.5 Å². The first-order valence-electron chi connectivity index (χ1n) is 12.4. The molecule has 298 valence electrons. The number of hydrogen-bond donors (Lipinski definition) is 0. The molecule has 2 aromatic rings. The summed E-state index contributed by atoms with van der Waals surface area (Å²) in [6, 6.07) is 0. The monoisotopic (exact) mass is 822 g/mol. The Balaban J connectivity index is 2.35. The van der Waals surface area contributed by atoms with Crippen LogP contribution in [-0.2, 0) is 12.4 Å². The van der Waals surface area contributed by atoms with Gasteiger partial charge in [0.15, 0.2) is 34.8 Å². The highest BCUT2D eigenvalue weighted by Gasteiger charge is 2.89. The van der Waals surface area contributed by atoms with Gasteiger partial charge in [0.05, 0.1) is 26.1 Å². The summed E-state index contributed by atoms with van der Waals surface area (Å²) in [5, 5.41) is 0. The van der Waals surface area contributed by atoms with Gasteiger partial charge in [-0.3, -0.25) is 0 Å². The molecule has 0 heterocycles. The second kappa shape index (κ2) is 13.6. The normalized spacial score (nSPS) is 14.3. The number of ether oxygens (including phenoxy) is 2. The van der Waals surface area contributed by atoms with Gasteiger partial charge >= 0.3 is 47.9 Å². The number of alkyl halides is 18. The smallest absolute Gasteiger partial charge is 0.422 e. The van der Waals surface area contributed by atoms with Gasteiger partial charge in [0.1, 0.15) is 11.1 Å². The summed E-state index contributed by atoms with van der Waals surface area (Å²) in [6.45, 7) is -5.41. The minimum atomic E-state index is -8.38. The summed E-state index contributed by atoms with van der Waals surface area (Å²) in [5.74, 6) is -78.5. The first-order chi connectivity index (χ1) is 23.0. The van der Waals surface area contributed by atoms with Crippen LogP contribution in [0.25, 0.3) is 0 Å². The molecule has 0 aliphatic heterocycles. The summed E-state index contributed by atoms with van der Waals surface area (Å²) in [5.41, 5.74) is -6.61. The Morgan fingerprint density at radius 3 is 0.712 bits per heavy atom. The van der Waals surface area contributed by atoms with Crippen LogP contribution >= 0.6 is 0 Å². The highest BCUT2D eigenvalue weighted by molar-refractivity contribution is 5.37. The maximum Gasteiger partial charge on any atom is 0.422 e. The van der Waals surface area contributed by atoms with E-state index in [4.69, 9.17) is 0 Å². The maximum absolute atomic E-state index is 14.1. The Hall–Kier alpha value is -3.78. The van der Waals surface area contributed by atoms with Gasteiger partial charge in [-0.2, -0.15) is 96.6 Å². The molecule has 52 heavy (non-hydrogen) atoms. The fraction of sp³-hybridized carbons (Fsp3) is 0.500. The molecule has 0 fully saturated rings. The van der Waals surface area contributed by atoms with Crippen LogP contribution in [0.2, 0.25) is 0 Å². The van der Waals surface area contributed by atoms with Crippen molar-refractivity contribution in [2.45, 2.75) is 60.7 Å². The highest BCUT2D eigenvalue weighted by Crippen LogP contribution is 2.61. The molecule has 0 saturated heterocycles. The molecule has 0 bridgehead atoms. The zero-order chi connectivity index (χ0) is 41.2. The number of hydrogen-bond acceptors (Lipinski definition) is 2.